The van der Waals surface area contributed by atoms with Crippen molar-refractivity contribution in [1.29, 1.82) is 0 Å². The molecule has 3 saturated heterocycles. The minimum Gasteiger partial charge on any atom is -0.458 e. The van der Waals surface area contributed by atoms with E-state index in [1.165, 1.54) is 0 Å². The molecule has 4 aliphatic heterocycles. The first-order chi connectivity index (χ1) is 14.6. The van der Waals surface area contributed by atoms with Crippen molar-refractivity contribution in [3.05, 3.63) is 11.1 Å². The summed E-state index contributed by atoms with van der Waals surface area (Å²) in [4.78, 5) is 12.2. The Balaban J connectivity index is 0.000000994. The highest BCUT2D eigenvalue weighted by Crippen LogP contribution is 2.78. The number of carbonyl (C=O) groups excluding carboxylic acids is 1. The number of carbonyl (C=O) groups is 1. The SMILES string of the molecule is CC.CCOC1C2(C(C)C)OC2C2OC23C1(C)OCC1(O)C2=C(CCC13C)C(=O)OC2. The molecule has 0 amide bonds. The second-order valence-corrected chi connectivity index (χ2v) is 10.3. The summed E-state index contributed by atoms with van der Waals surface area (Å²) in [5.74, 6) is -0.0587. The van der Waals surface area contributed by atoms with E-state index in [9.17, 15) is 9.90 Å². The molecule has 7 heteroatoms. The second-order valence-electron chi connectivity index (χ2n) is 10.3. The van der Waals surface area contributed by atoms with Crippen LogP contribution in [0.2, 0.25) is 0 Å². The Morgan fingerprint density at radius 3 is 2.55 bits per heavy atom. The molecule has 2 aliphatic carbocycles. The van der Waals surface area contributed by atoms with Crippen molar-refractivity contribution in [2.24, 2.45) is 11.3 Å². The second kappa shape index (κ2) is 6.32. The van der Waals surface area contributed by atoms with E-state index in [-0.39, 0.29) is 43.4 Å². The Kier molecular flexibility index (Phi) is 4.45. The van der Waals surface area contributed by atoms with Crippen molar-refractivity contribution in [2.45, 2.75) is 102 Å². The van der Waals surface area contributed by atoms with Gasteiger partial charge in [0.25, 0.3) is 0 Å². The van der Waals surface area contributed by atoms with Crippen LogP contribution in [0.1, 0.15) is 61.3 Å². The van der Waals surface area contributed by atoms with Gasteiger partial charge in [-0.3, -0.25) is 0 Å². The van der Waals surface area contributed by atoms with Crippen molar-refractivity contribution in [2.75, 3.05) is 19.8 Å². The van der Waals surface area contributed by atoms with Crippen molar-refractivity contribution >= 4 is 5.97 Å². The number of aliphatic hydroxyl groups is 1. The number of fused-ring (bicyclic) bond motifs is 4. The maximum Gasteiger partial charge on any atom is 0.334 e. The van der Waals surface area contributed by atoms with Gasteiger partial charge in [0.05, 0.1) is 6.61 Å². The summed E-state index contributed by atoms with van der Waals surface area (Å²) < 4.78 is 31.1. The fourth-order valence-corrected chi connectivity index (χ4v) is 7.52. The lowest BCUT2D eigenvalue weighted by molar-refractivity contribution is -0.302. The topological polar surface area (TPSA) is 90.0 Å². The highest BCUT2D eigenvalue weighted by Gasteiger charge is 2.95. The van der Waals surface area contributed by atoms with Crippen molar-refractivity contribution in [3.8, 4) is 0 Å². The molecule has 8 unspecified atom stereocenters. The summed E-state index contributed by atoms with van der Waals surface area (Å²) in [5, 5.41) is 12.0. The number of epoxide rings is 2. The van der Waals surface area contributed by atoms with Gasteiger partial charge in [-0.25, -0.2) is 4.79 Å². The molecule has 0 radical (unpaired) electrons. The van der Waals surface area contributed by atoms with E-state index < -0.39 is 27.8 Å². The van der Waals surface area contributed by atoms with Gasteiger partial charge < -0.3 is 28.8 Å². The molecule has 6 rings (SSSR count). The van der Waals surface area contributed by atoms with Crippen LogP contribution in [0.25, 0.3) is 0 Å². The summed E-state index contributed by atoms with van der Waals surface area (Å²) in [6.07, 6.45) is 0.714. The van der Waals surface area contributed by atoms with E-state index >= 15 is 0 Å². The summed E-state index contributed by atoms with van der Waals surface area (Å²) in [7, 11) is 0. The lowest BCUT2D eigenvalue weighted by Gasteiger charge is -2.63. The van der Waals surface area contributed by atoms with Gasteiger partial charge in [-0.05, 0) is 32.6 Å². The maximum absolute atomic E-state index is 12.2. The van der Waals surface area contributed by atoms with Gasteiger partial charge in [-0.15, -0.1) is 0 Å². The molecule has 174 valence electrons. The smallest absolute Gasteiger partial charge is 0.334 e. The number of rotatable bonds is 3. The third-order valence-corrected chi connectivity index (χ3v) is 9.18. The predicted octanol–water partition coefficient (Wildman–Crippen LogP) is 2.54. The van der Waals surface area contributed by atoms with E-state index in [2.05, 4.69) is 27.7 Å². The number of ether oxygens (including phenoxy) is 5. The van der Waals surface area contributed by atoms with Crippen LogP contribution < -0.4 is 0 Å². The van der Waals surface area contributed by atoms with Crippen LogP contribution in [0.15, 0.2) is 11.1 Å². The first kappa shape index (κ1) is 21.8. The van der Waals surface area contributed by atoms with E-state index in [1.54, 1.807) is 0 Å². The zero-order valence-electron chi connectivity index (χ0n) is 19.7. The Hall–Kier alpha value is -0.990. The van der Waals surface area contributed by atoms with Gasteiger partial charge in [0, 0.05) is 23.2 Å². The lowest BCUT2D eigenvalue weighted by Crippen LogP contribution is -2.79. The molecule has 31 heavy (non-hydrogen) atoms. The third kappa shape index (κ3) is 2.07. The minimum absolute atomic E-state index is 0.0632. The van der Waals surface area contributed by atoms with Crippen LogP contribution >= 0.6 is 0 Å². The van der Waals surface area contributed by atoms with Gasteiger partial charge in [-0.2, -0.15) is 0 Å². The maximum atomic E-state index is 12.2. The molecule has 0 aromatic carbocycles. The van der Waals surface area contributed by atoms with Gasteiger partial charge >= 0.3 is 5.97 Å². The lowest BCUT2D eigenvalue weighted by atomic mass is 9.47. The molecule has 4 heterocycles. The average molecular weight is 437 g/mol. The normalized spacial score (nSPS) is 53.3. The number of hydrogen-bond donors (Lipinski definition) is 1. The summed E-state index contributed by atoms with van der Waals surface area (Å²) in [6.45, 7) is 15.2. The van der Waals surface area contributed by atoms with Crippen LogP contribution in [0.5, 0.6) is 0 Å². The fourth-order valence-electron chi connectivity index (χ4n) is 7.52. The summed E-state index contributed by atoms with van der Waals surface area (Å²) in [6, 6.07) is 0. The summed E-state index contributed by atoms with van der Waals surface area (Å²) in [5.41, 5.74) is -2.55. The molecular formula is C24H36O7. The number of esters is 1. The fraction of sp³-hybridized carbons (Fsp3) is 0.875. The van der Waals surface area contributed by atoms with Crippen LogP contribution in [0.3, 0.4) is 0 Å². The first-order valence-electron chi connectivity index (χ1n) is 11.9. The predicted molar refractivity (Wildman–Crippen MR) is 111 cm³/mol. The van der Waals surface area contributed by atoms with Crippen LogP contribution in [-0.2, 0) is 28.5 Å². The van der Waals surface area contributed by atoms with Crippen molar-refractivity contribution < 1.29 is 33.6 Å². The third-order valence-electron chi connectivity index (χ3n) is 9.18. The zero-order valence-corrected chi connectivity index (χ0v) is 19.7. The highest BCUT2D eigenvalue weighted by atomic mass is 16.7. The Labute approximate surface area is 184 Å². The Morgan fingerprint density at radius 1 is 1.19 bits per heavy atom. The zero-order chi connectivity index (χ0) is 22.6. The quantitative estimate of drug-likeness (QED) is 0.537. The number of hydrogen-bond acceptors (Lipinski definition) is 7. The molecule has 1 saturated carbocycles. The molecular weight excluding hydrogens is 400 g/mol. The van der Waals surface area contributed by atoms with Gasteiger partial charge in [0.2, 0.25) is 0 Å². The van der Waals surface area contributed by atoms with Crippen LogP contribution in [0.4, 0.5) is 0 Å². The van der Waals surface area contributed by atoms with Gasteiger partial charge in [-0.1, -0.05) is 34.6 Å². The minimum atomic E-state index is -1.30. The largest absolute Gasteiger partial charge is 0.458 e. The van der Waals surface area contributed by atoms with E-state index in [0.29, 0.717) is 30.6 Å². The van der Waals surface area contributed by atoms with Crippen LogP contribution in [0, 0.1) is 11.3 Å². The van der Waals surface area contributed by atoms with Gasteiger partial charge in [0.1, 0.15) is 47.3 Å². The summed E-state index contributed by atoms with van der Waals surface area (Å²) >= 11 is 0. The van der Waals surface area contributed by atoms with Gasteiger partial charge in [0.15, 0.2) is 0 Å². The molecule has 0 aromatic rings. The standard InChI is InChI=1S/C22H30O7.C2H6/c1-6-25-17-19(5)22(15(29-22)14-21(17,28-14)11(2)3)18(4)8-7-12-13(9-26-16(12)23)20(18,24)10-27-19;1-2/h11,14-15,17,24H,6-10H2,1-5H3;1-2H3. The van der Waals surface area contributed by atoms with E-state index in [1.807, 2.05) is 20.8 Å². The molecule has 0 bridgehead atoms. The molecule has 8 atom stereocenters. The molecule has 0 aromatic heterocycles. The van der Waals surface area contributed by atoms with Crippen molar-refractivity contribution in [3.63, 3.8) is 0 Å². The van der Waals surface area contributed by atoms with E-state index in [0.717, 1.165) is 0 Å². The van der Waals surface area contributed by atoms with E-state index in [4.69, 9.17) is 23.7 Å². The molecule has 1 spiro atoms. The first-order valence-corrected chi connectivity index (χ1v) is 11.9. The average Bonchev–Trinajstić information content (AvgIpc) is 3.63. The highest BCUT2D eigenvalue weighted by molar-refractivity contribution is 5.92. The monoisotopic (exact) mass is 436 g/mol. The van der Waals surface area contributed by atoms with Crippen LogP contribution in [-0.4, -0.2) is 71.6 Å². The number of cyclic esters (lactones) is 1. The van der Waals surface area contributed by atoms with Crippen molar-refractivity contribution in [1.82, 2.24) is 0 Å². The molecule has 1 N–H and O–H groups in total. The Bertz CT molecular complexity index is 853. The molecule has 4 fully saturated rings. The molecule has 7 nitrogen and oxygen atoms in total. The Morgan fingerprint density at radius 2 is 1.90 bits per heavy atom. The molecule has 6 aliphatic rings.